The molecule has 1 aliphatic heterocycles. The van der Waals surface area contributed by atoms with Crippen molar-refractivity contribution in [1.82, 2.24) is 24.9 Å². The minimum absolute atomic E-state index is 0.0217. The van der Waals surface area contributed by atoms with Crippen LogP contribution in [0.25, 0.3) is 15.9 Å². The van der Waals surface area contributed by atoms with E-state index in [0.717, 1.165) is 28.7 Å². The Bertz CT molecular complexity index is 1180. The van der Waals surface area contributed by atoms with E-state index in [1.807, 2.05) is 48.5 Å². The van der Waals surface area contributed by atoms with Gasteiger partial charge in [0.2, 0.25) is 0 Å². The third kappa shape index (κ3) is 3.76. The van der Waals surface area contributed by atoms with Crippen molar-refractivity contribution >= 4 is 39.1 Å². The summed E-state index contributed by atoms with van der Waals surface area (Å²) in [6, 6.07) is 15.2. The number of halogens is 1. The number of para-hydroxylation sites is 2. The molecular weight excluding hydrogens is 422 g/mol. The van der Waals surface area contributed by atoms with Crippen LogP contribution in [0.15, 0.2) is 54.7 Å². The van der Waals surface area contributed by atoms with E-state index in [-0.39, 0.29) is 12.0 Å². The van der Waals surface area contributed by atoms with E-state index in [1.54, 1.807) is 4.90 Å². The fraction of sp³-hybridized carbons (Fsp3) is 0.238. The summed E-state index contributed by atoms with van der Waals surface area (Å²) in [4.78, 5) is 20.6. The zero-order chi connectivity index (χ0) is 20.5. The molecule has 0 saturated carbocycles. The number of ether oxygens (including phenoxy) is 1. The third-order valence-electron chi connectivity index (χ3n) is 5.04. The van der Waals surface area contributed by atoms with Crippen LogP contribution in [0.4, 0.5) is 0 Å². The van der Waals surface area contributed by atoms with Crippen molar-refractivity contribution in [2.24, 2.45) is 0 Å². The molecule has 2 aromatic carbocycles. The Morgan fingerprint density at radius 3 is 2.67 bits per heavy atom. The van der Waals surface area contributed by atoms with Gasteiger partial charge in [0.25, 0.3) is 11.1 Å². The first kappa shape index (κ1) is 19.0. The number of likely N-dealkylation sites (tertiary alicyclic amines) is 1. The highest BCUT2D eigenvalue weighted by molar-refractivity contribution is 7.20. The summed E-state index contributed by atoms with van der Waals surface area (Å²) in [5.74, 6) is -0.109. The number of nitrogens with zero attached hydrogens (tertiary/aromatic N) is 5. The zero-order valence-electron chi connectivity index (χ0n) is 15.9. The molecule has 3 heterocycles. The van der Waals surface area contributed by atoms with Crippen molar-refractivity contribution in [1.29, 1.82) is 0 Å². The summed E-state index contributed by atoms with van der Waals surface area (Å²) < 4.78 is 7.08. The molecule has 0 aliphatic carbocycles. The number of benzene rings is 2. The molecule has 5 rings (SSSR count). The molecule has 30 heavy (non-hydrogen) atoms. The Morgan fingerprint density at radius 1 is 1.10 bits per heavy atom. The zero-order valence-corrected chi connectivity index (χ0v) is 17.5. The molecule has 0 atom stereocenters. The van der Waals surface area contributed by atoms with Gasteiger partial charge in [-0.05, 0) is 24.3 Å². The van der Waals surface area contributed by atoms with Crippen molar-refractivity contribution in [3.8, 4) is 10.9 Å². The van der Waals surface area contributed by atoms with Crippen molar-refractivity contribution < 1.29 is 9.53 Å². The lowest BCUT2D eigenvalue weighted by atomic mass is 10.1. The lowest BCUT2D eigenvalue weighted by molar-refractivity contribution is 0.0589. The molecule has 2 aromatic heterocycles. The summed E-state index contributed by atoms with van der Waals surface area (Å²) >= 11 is 7.69. The molecular formula is C21H18ClN5O2S. The molecule has 0 spiro atoms. The van der Waals surface area contributed by atoms with Crippen molar-refractivity contribution in [3.05, 3.63) is 65.4 Å². The van der Waals surface area contributed by atoms with Crippen molar-refractivity contribution in [2.45, 2.75) is 18.9 Å². The van der Waals surface area contributed by atoms with E-state index >= 15 is 0 Å². The van der Waals surface area contributed by atoms with Crippen LogP contribution < -0.4 is 4.74 Å². The highest BCUT2D eigenvalue weighted by Crippen LogP contribution is 2.33. The van der Waals surface area contributed by atoms with Gasteiger partial charge in [-0.25, -0.2) is 4.98 Å². The van der Waals surface area contributed by atoms with Gasteiger partial charge < -0.3 is 9.64 Å². The highest BCUT2D eigenvalue weighted by atomic mass is 35.5. The number of piperidine rings is 1. The SMILES string of the molecule is O=C(c1cnn(-c2ccccc2)n1)N1CCC(Oc2nc3c(Cl)cccc3s2)CC1. The second-order valence-electron chi connectivity index (χ2n) is 7.03. The maximum Gasteiger partial charge on any atom is 0.276 e. The summed E-state index contributed by atoms with van der Waals surface area (Å²) in [5.41, 5.74) is 1.94. The normalized spacial score (nSPS) is 14.9. The van der Waals surface area contributed by atoms with Gasteiger partial charge >= 0.3 is 0 Å². The fourth-order valence-electron chi connectivity index (χ4n) is 3.47. The van der Waals surface area contributed by atoms with Gasteiger partial charge in [0.1, 0.15) is 11.6 Å². The Kier molecular flexibility index (Phi) is 5.10. The van der Waals surface area contributed by atoms with E-state index in [2.05, 4.69) is 15.2 Å². The molecule has 0 radical (unpaired) electrons. The first-order valence-corrected chi connectivity index (χ1v) is 10.9. The topological polar surface area (TPSA) is 73.1 Å². The lowest BCUT2D eigenvalue weighted by Crippen LogP contribution is -2.42. The number of hydrogen-bond donors (Lipinski definition) is 0. The van der Waals surface area contributed by atoms with Crippen LogP contribution in [-0.4, -0.2) is 50.0 Å². The number of carbonyl (C=O) groups excluding carboxylic acids is 1. The Labute approximate surface area is 181 Å². The molecule has 1 aliphatic rings. The van der Waals surface area contributed by atoms with Gasteiger partial charge in [0, 0.05) is 25.9 Å². The van der Waals surface area contributed by atoms with Crippen molar-refractivity contribution in [3.63, 3.8) is 0 Å². The van der Waals surface area contributed by atoms with E-state index in [1.165, 1.54) is 22.3 Å². The number of hydrogen-bond acceptors (Lipinski definition) is 6. The molecule has 1 saturated heterocycles. The number of fused-ring (bicyclic) bond motifs is 1. The molecule has 4 aromatic rings. The molecule has 1 amide bonds. The first-order valence-electron chi connectivity index (χ1n) is 9.66. The Morgan fingerprint density at radius 2 is 1.90 bits per heavy atom. The summed E-state index contributed by atoms with van der Waals surface area (Å²) in [6.45, 7) is 1.21. The maximum absolute atomic E-state index is 12.8. The minimum Gasteiger partial charge on any atom is -0.467 e. The smallest absolute Gasteiger partial charge is 0.276 e. The van der Waals surface area contributed by atoms with Crippen LogP contribution >= 0.6 is 22.9 Å². The quantitative estimate of drug-likeness (QED) is 0.476. The maximum atomic E-state index is 12.8. The van der Waals surface area contributed by atoms with Gasteiger partial charge in [-0.1, -0.05) is 47.2 Å². The van der Waals surface area contributed by atoms with E-state index in [9.17, 15) is 4.79 Å². The number of aromatic nitrogens is 4. The van der Waals surface area contributed by atoms with E-state index < -0.39 is 0 Å². The number of thiazole rings is 1. The van der Waals surface area contributed by atoms with E-state index in [4.69, 9.17) is 16.3 Å². The molecule has 0 unspecified atom stereocenters. The van der Waals surface area contributed by atoms with Crippen molar-refractivity contribution in [2.75, 3.05) is 13.1 Å². The number of rotatable bonds is 4. The molecule has 1 fully saturated rings. The minimum atomic E-state index is -0.109. The molecule has 7 nitrogen and oxygen atoms in total. The molecule has 9 heteroatoms. The second kappa shape index (κ2) is 8.04. The second-order valence-corrected chi connectivity index (χ2v) is 8.43. The van der Waals surface area contributed by atoms with Crippen LogP contribution in [0.2, 0.25) is 5.02 Å². The van der Waals surface area contributed by atoms with Crippen LogP contribution in [0.1, 0.15) is 23.3 Å². The van der Waals surface area contributed by atoms with Crippen LogP contribution in [0.3, 0.4) is 0 Å². The largest absolute Gasteiger partial charge is 0.467 e. The van der Waals surface area contributed by atoms with Crippen LogP contribution in [0.5, 0.6) is 5.19 Å². The van der Waals surface area contributed by atoms with E-state index in [0.29, 0.717) is 29.0 Å². The first-order chi connectivity index (χ1) is 14.7. The molecule has 0 bridgehead atoms. The standard InChI is InChI=1S/C21H18ClN5O2S/c22-16-7-4-8-18-19(16)24-21(30-18)29-15-9-11-26(12-10-15)20(28)17-13-23-27(25-17)14-5-2-1-3-6-14/h1-8,13,15H,9-12H2. The Hall–Kier alpha value is -2.97. The predicted octanol–water partition coefficient (Wildman–Crippen LogP) is 4.21. The van der Waals surface area contributed by atoms with Crippen LogP contribution in [0, 0.1) is 0 Å². The summed E-state index contributed by atoms with van der Waals surface area (Å²) in [5, 5.41) is 9.80. The van der Waals surface area contributed by atoms with Gasteiger partial charge in [0.15, 0.2) is 5.69 Å². The number of carbonyl (C=O) groups is 1. The average Bonchev–Trinajstić information content (AvgIpc) is 3.42. The van der Waals surface area contributed by atoms with Gasteiger partial charge in [-0.2, -0.15) is 9.90 Å². The summed E-state index contributed by atoms with van der Waals surface area (Å²) in [6.07, 6.45) is 3.01. The molecule has 152 valence electrons. The monoisotopic (exact) mass is 439 g/mol. The van der Waals surface area contributed by atoms with Gasteiger partial charge in [0.05, 0.1) is 21.6 Å². The lowest BCUT2D eigenvalue weighted by Gasteiger charge is -2.31. The molecule has 0 N–H and O–H groups in total. The fourth-order valence-corrected chi connectivity index (χ4v) is 4.65. The average molecular weight is 440 g/mol. The van der Waals surface area contributed by atoms with Gasteiger partial charge in [-0.15, -0.1) is 5.10 Å². The summed E-state index contributed by atoms with van der Waals surface area (Å²) in [7, 11) is 0. The van der Waals surface area contributed by atoms with Crippen LogP contribution in [-0.2, 0) is 0 Å². The third-order valence-corrected chi connectivity index (χ3v) is 6.26. The predicted molar refractivity (Wildman–Crippen MR) is 116 cm³/mol. The highest BCUT2D eigenvalue weighted by Gasteiger charge is 2.27. The Balaban J connectivity index is 1.21. The van der Waals surface area contributed by atoms with Gasteiger partial charge in [-0.3, -0.25) is 4.79 Å². The number of amides is 1.